The van der Waals surface area contributed by atoms with Gasteiger partial charge in [0.2, 0.25) is 0 Å². The SMILES string of the molecule is Clc1cc2c(c(P(c3ccccc3)c3ccccc3)c1)O[C@@H]1CCC[C@H](C2)Oc2c(cc(Cl)cc2P(c2ccccc2)c2ccccc2)C1. The Morgan fingerprint density at radius 2 is 0.776 bits per heavy atom. The van der Waals surface area contributed by atoms with Gasteiger partial charge in [-0.15, -0.1) is 0 Å². The highest BCUT2D eigenvalue weighted by atomic mass is 35.5. The molecule has 0 radical (unpaired) electrons. The number of rotatable bonds is 6. The number of fused-ring (bicyclic) bond motifs is 6. The third-order valence-electron chi connectivity index (χ3n) is 9.28. The van der Waals surface area contributed by atoms with E-state index in [0.29, 0.717) is 12.8 Å². The van der Waals surface area contributed by atoms with Gasteiger partial charge in [0.25, 0.3) is 0 Å². The summed E-state index contributed by atoms with van der Waals surface area (Å²) in [6.45, 7) is 0. The third-order valence-corrected chi connectivity index (χ3v) is 14.6. The van der Waals surface area contributed by atoms with Crippen molar-refractivity contribution in [3.8, 4) is 11.5 Å². The fourth-order valence-corrected chi connectivity index (χ4v) is 12.7. The molecule has 8 rings (SSSR count). The maximum atomic E-state index is 7.28. The molecule has 2 nitrogen and oxygen atoms in total. The average Bonchev–Trinajstić information content (AvgIpc) is 3.26. The molecule has 2 aliphatic heterocycles. The monoisotopic (exact) mass is 716 g/mol. The average molecular weight is 718 g/mol. The first-order chi connectivity index (χ1) is 24.1. The number of hydrogen-bond acceptors (Lipinski definition) is 2. The molecule has 0 aromatic heterocycles. The van der Waals surface area contributed by atoms with Crippen LogP contribution in [0.1, 0.15) is 30.4 Å². The Kier molecular flexibility index (Phi) is 9.76. The molecule has 0 aliphatic carbocycles. The van der Waals surface area contributed by atoms with E-state index in [2.05, 4.69) is 146 Å². The Hall–Kier alpha value is -3.64. The van der Waals surface area contributed by atoms with E-state index >= 15 is 0 Å². The molecule has 0 saturated heterocycles. The molecular formula is C43H36Cl2O2P2. The molecule has 0 unspecified atom stereocenters. The lowest BCUT2D eigenvalue weighted by Crippen LogP contribution is -2.30. The standard InChI is InChI=1S/C43H36Cl2O2P2/c44-32-24-30-26-35-15-13-14-34(46-42(30)40(28-32)48(36-16-5-1-6-17-36)37-18-7-2-8-19-37)27-31-25-33(45)29-41(43(31)47-35)49(38-20-9-3-10-21-38)39-22-11-4-12-23-39/h1-12,16-25,28-29,34-35H,13-15,26-27H2/t34-,35-/m1/s1. The van der Waals surface area contributed by atoms with Crippen LogP contribution in [-0.2, 0) is 12.8 Å². The van der Waals surface area contributed by atoms with Gasteiger partial charge in [-0.25, -0.2) is 0 Å². The Bertz CT molecular complexity index is 1810. The van der Waals surface area contributed by atoms with Crippen LogP contribution in [0, 0.1) is 0 Å². The normalized spacial score (nSPS) is 17.1. The van der Waals surface area contributed by atoms with E-state index in [4.69, 9.17) is 32.7 Å². The fourth-order valence-electron chi connectivity index (χ4n) is 7.14. The van der Waals surface area contributed by atoms with Crippen molar-refractivity contribution in [1.29, 1.82) is 0 Å². The molecule has 0 saturated carbocycles. The number of ether oxygens (including phenoxy) is 2. The molecule has 6 heteroatoms. The van der Waals surface area contributed by atoms with Gasteiger partial charge in [-0.3, -0.25) is 0 Å². The second-order valence-corrected chi connectivity index (χ2v) is 17.9. The van der Waals surface area contributed by atoms with E-state index in [1.54, 1.807) is 0 Å². The van der Waals surface area contributed by atoms with E-state index < -0.39 is 15.8 Å². The van der Waals surface area contributed by atoms with Gasteiger partial charge in [-0.1, -0.05) is 145 Å². The van der Waals surface area contributed by atoms with Crippen molar-refractivity contribution >= 4 is 70.9 Å². The fraction of sp³-hybridized carbons (Fsp3) is 0.163. The number of halogens is 2. The van der Waals surface area contributed by atoms with Crippen LogP contribution in [-0.4, -0.2) is 12.2 Å². The first-order valence-corrected chi connectivity index (χ1v) is 20.3. The summed E-state index contributed by atoms with van der Waals surface area (Å²) < 4.78 is 14.6. The molecule has 0 fully saturated rings. The highest BCUT2D eigenvalue weighted by Crippen LogP contribution is 2.44. The molecule has 2 aliphatic rings. The van der Waals surface area contributed by atoms with Crippen LogP contribution in [0.2, 0.25) is 10.0 Å². The summed E-state index contributed by atoms with van der Waals surface area (Å²) in [5, 5.41) is 8.85. The molecule has 0 N–H and O–H groups in total. The quantitative estimate of drug-likeness (QED) is 0.160. The van der Waals surface area contributed by atoms with Crippen LogP contribution in [0.5, 0.6) is 11.5 Å². The maximum absolute atomic E-state index is 7.28. The van der Waals surface area contributed by atoms with E-state index in [-0.39, 0.29) is 12.2 Å². The minimum atomic E-state index is -0.923. The lowest BCUT2D eigenvalue weighted by atomic mass is 10.0. The molecule has 0 spiro atoms. The summed E-state index contributed by atoms with van der Waals surface area (Å²) in [6, 6.07) is 51.6. The maximum Gasteiger partial charge on any atom is 0.131 e. The van der Waals surface area contributed by atoms with Gasteiger partial charge in [-0.05, 0) is 91.7 Å². The van der Waals surface area contributed by atoms with E-state index in [9.17, 15) is 0 Å². The van der Waals surface area contributed by atoms with Crippen LogP contribution >= 0.6 is 39.0 Å². The molecular weight excluding hydrogens is 681 g/mol. The first kappa shape index (κ1) is 32.6. The Morgan fingerprint density at radius 1 is 0.449 bits per heavy atom. The lowest BCUT2D eigenvalue weighted by molar-refractivity contribution is 0.189. The smallest absolute Gasteiger partial charge is 0.131 e. The van der Waals surface area contributed by atoms with Gasteiger partial charge in [0, 0.05) is 33.5 Å². The second-order valence-electron chi connectivity index (χ2n) is 12.7. The zero-order chi connectivity index (χ0) is 33.2. The summed E-state index contributed by atoms with van der Waals surface area (Å²) in [6.07, 6.45) is 4.20. The van der Waals surface area contributed by atoms with E-state index in [0.717, 1.165) is 62.5 Å². The summed E-state index contributed by atoms with van der Waals surface area (Å²) in [7, 11) is -1.85. The van der Waals surface area contributed by atoms with E-state index in [1.807, 2.05) is 0 Å². The minimum Gasteiger partial charge on any atom is -0.489 e. The highest BCUT2D eigenvalue weighted by Gasteiger charge is 2.33. The van der Waals surface area contributed by atoms with Crippen molar-refractivity contribution in [2.24, 2.45) is 0 Å². The molecule has 0 amide bonds. The van der Waals surface area contributed by atoms with Gasteiger partial charge in [0.1, 0.15) is 23.7 Å². The van der Waals surface area contributed by atoms with Crippen molar-refractivity contribution in [2.45, 2.75) is 44.3 Å². The minimum absolute atomic E-state index is 0.0488. The van der Waals surface area contributed by atoms with Crippen LogP contribution in [0.4, 0.5) is 0 Å². The molecule has 49 heavy (non-hydrogen) atoms. The molecule has 6 aromatic rings. The largest absolute Gasteiger partial charge is 0.489 e. The topological polar surface area (TPSA) is 18.5 Å². The molecule has 6 aromatic carbocycles. The van der Waals surface area contributed by atoms with Crippen LogP contribution in [0.3, 0.4) is 0 Å². The predicted molar refractivity (Wildman–Crippen MR) is 210 cm³/mol. The second kappa shape index (κ2) is 14.7. The van der Waals surface area contributed by atoms with Crippen molar-refractivity contribution in [2.75, 3.05) is 0 Å². The Balaban J connectivity index is 1.27. The van der Waals surface area contributed by atoms with Gasteiger partial charge in [0.15, 0.2) is 0 Å². The third kappa shape index (κ3) is 7.04. The Labute approximate surface area is 301 Å². The zero-order valence-corrected chi connectivity index (χ0v) is 30.3. The highest BCUT2D eigenvalue weighted by molar-refractivity contribution is 7.80. The summed E-state index contributed by atoms with van der Waals surface area (Å²) in [5.74, 6) is 1.93. The summed E-state index contributed by atoms with van der Waals surface area (Å²) in [5.41, 5.74) is 2.23. The van der Waals surface area contributed by atoms with Crippen LogP contribution in [0.25, 0.3) is 0 Å². The number of benzene rings is 6. The lowest BCUT2D eigenvalue weighted by Gasteiger charge is -2.31. The van der Waals surface area contributed by atoms with Crippen molar-refractivity contribution in [1.82, 2.24) is 0 Å². The molecule has 2 bridgehead atoms. The van der Waals surface area contributed by atoms with Crippen molar-refractivity contribution < 1.29 is 9.47 Å². The first-order valence-electron chi connectivity index (χ1n) is 16.9. The van der Waals surface area contributed by atoms with Crippen LogP contribution < -0.4 is 41.3 Å². The van der Waals surface area contributed by atoms with Gasteiger partial charge in [0.05, 0.1) is 0 Å². The Morgan fingerprint density at radius 3 is 1.10 bits per heavy atom. The van der Waals surface area contributed by atoms with Crippen LogP contribution in [0.15, 0.2) is 146 Å². The van der Waals surface area contributed by atoms with E-state index in [1.165, 1.54) is 21.2 Å². The van der Waals surface area contributed by atoms with Gasteiger partial charge < -0.3 is 9.47 Å². The van der Waals surface area contributed by atoms with Crippen molar-refractivity contribution in [3.63, 3.8) is 0 Å². The molecule has 2 atom stereocenters. The summed E-state index contributed by atoms with van der Waals surface area (Å²) >= 11 is 14.0. The summed E-state index contributed by atoms with van der Waals surface area (Å²) in [4.78, 5) is 0. The zero-order valence-electron chi connectivity index (χ0n) is 27.0. The van der Waals surface area contributed by atoms with Gasteiger partial charge in [-0.2, -0.15) is 0 Å². The molecule has 244 valence electrons. The van der Waals surface area contributed by atoms with Crippen molar-refractivity contribution in [3.05, 3.63) is 167 Å². The van der Waals surface area contributed by atoms with Gasteiger partial charge >= 0.3 is 0 Å². The molecule has 2 heterocycles. The predicted octanol–water partition coefficient (Wildman–Crippen LogP) is 8.99. The number of hydrogen-bond donors (Lipinski definition) is 0.